The number of hydrogen-bond donors (Lipinski definition) is 0. The van der Waals surface area contributed by atoms with E-state index < -0.39 is 0 Å². The molecule has 0 N–H and O–H groups in total. The molecule has 35 heavy (non-hydrogen) atoms. The molecule has 3 heteroatoms. The highest BCUT2D eigenvalue weighted by Gasteiger charge is 2.27. The highest BCUT2D eigenvalue weighted by Crippen LogP contribution is 2.42. The van der Waals surface area contributed by atoms with Crippen LogP contribution in [0, 0.1) is 0 Å². The maximum Gasteiger partial charge on any atom is 0.144 e. The highest BCUT2D eigenvalue weighted by atomic mass is 16.3. The summed E-state index contributed by atoms with van der Waals surface area (Å²) < 4.78 is 8.62. The van der Waals surface area contributed by atoms with Gasteiger partial charge in [-0.3, -0.25) is 4.57 Å². The van der Waals surface area contributed by atoms with Crippen molar-refractivity contribution in [1.82, 2.24) is 9.55 Å². The maximum absolute atomic E-state index is 6.29. The Morgan fingerprint density at radius 2 is 1.54 bits per heavy atom. The molecule has 0 aliphatic carbocycles. The number of benzene rings is 3. The van der Waals surface area contributed by atoms with E-state index in [0.717, 1.165) is 34.2 Å². The first-order valence-electron chi connectivity index (χ1n) is 12.9. The van der Waals surface area contributed by atoms with Crippen LogP contribution < -0.4 is 0 Å². The van der Waals surface area contributed by atoms with Crippen molar-refractivity contribution >= 4 is 21.9 Å². The molecule has 2 aromatic heterocycles. The van der Waals surface area contributed by atoms with E-state index in [4.69, 9.17) is 9.40 Å². The first kappa shape index (κ1) is 23.4. The summed E-state index contributed by atoms with van der Waals surface area (Å²) in [5.74, 6) is 1.81. The van der Waals surface area contributed by atoms with Crippen molar-refractivity contribution in [2.75, 3.05) is 0 Å². The number of nitrogens with zero attached hydrogens (tertiary/aromatic N) is 2. The standard InChI is InChI=1S/C32H36N2O/c1-8-32(6,7)27-19-29-25(24-12-9-10-15-28(24)35-29)18-26(27)31-33-16-17-34(31)30-22(20(2)3)13-11-14-23(30)21(4)5/h9-21H,8H2,1-7H3. The van der Waals surface area contributed by atoms with E-state index in [1.54, 1.807) is 0 Å². The quantitative estimate of drug-likeness (QED) is 0.250. The van der Waals surface area contributed by atoms with Gasteiger partial charge in [0.2, 0.25) is 0 Å². The minimum atomic E-state index is -0.0300. The molecular formula is C32H36N2O. The van der Waals surface area contributed by atoms with Gasteiger partial charge in [0, 0.05) is 28.7 Å². The molecule has 0 spiro atoms. The fourth-order valence-corrected chi connectivity index (χ4v) is 5.18. The van der Waals surface area contributed by atoms with Gasteiger partial charge in [-0.25, -0.2) is 4.98 Å². The summed E-state index contributed by atoms with van der Waals surface area (Å²) in [4.78, 5) is 4.98. The summed E-state index contributed by atoms with van der Waals surface area (Å²) >= 11 is 0. The normalized spacial score (nSPS) is 12.5. The van der Waals surface area contributed by atoms with Crippen molar-refractivity contribution in [2.24, 2.45) is 0 Å². The molecule has 0 aliphatic rings. The summed E-state index contributed by atoms with van der Waals surface area (Å²) in [5, 5.41) is 2.29. The van der Waals surface area contributed by atoms with Gasteiger partial charge in [-0.2, -0.15) is 0 Å². The lowest BCUT2D eigenvalue weighted by molar-refractivity contribution is 0.506. The maximum atomic E-state index is 6.29. The summed E-state index contributed by atoms with van der Waals surface area (Å²) in [5.41, 5.74) is 8.25. The van der Waals surface area contributed by atoms with Crippen molar-refractivity contribution in [3.63, 3.8) is 0 Å². The predicted octanol–water partition coefficient (Wildman–Crippen LogP) is 9.37. The lowest BCUT2D eigenvalue weighted by Crippen LogP contribution is -2.18. The number of furan rings is 1. The van der Waals surface area contributed by atoms with Crippen LogP contribution in [-0.4, -0.2) is 9.55 Å². The molecule has 2 heterocycles. The van der Waals surface area contributed by atoms with Crippen LogP contribution in [0.25, 0.3) is 39.0 Å². The van der Waals surface area contributed by atoms with E-state index in [0.29, 0.717) is 11.8 Å². The fraction of sp³-hybridized carbons (Fsp3) is 0.344. The second kappa shape index (κ2) is 8.71. The molecule has 0 saturated carbocycles. The van der Waals surface area contributed by atoms with Gasteiger partial charge in [0.25, 0.3) is 0 Å². The van der Waals surface area contributed by atoms with Gasteiger partial charge in [-0.1, -0.05) is 84.9 Å². The number of para-hydroxylation sites is 2. The van der Waals surface area contributed by atoms with E-state index in [1.807, 2.05) is 18.3 Å². The third kappa shape index (κ3) is 3.87. The predicted molar refractivity (Wildman–Crippen MR) is 148 cm³/mol. The minimum Gasteiger partial charge on any atom is -0.456 e. The number of aromatic nitrogens is 2. The van der Waals surface area contributed by atoms with Crippen LogP contribution >= 0.6 is 0 Å². The highest BCUT2D eigenvalue weighted by molar-refractivity contribution is 6.06. The molecular weight excluding hydrogens is 428 g/mol. The zero-order chi connectivity index (χ0) is 24.9. The monoisotopic (exact) mass is 464 g/mol. The Balaban J connectivity index is 1.86. The molecule has 5 aromatic rings. The summed E-state index contributed by atoms with van der Waals surface area (Å²) in [7, 11) is 0. The molecule has 5 rings (SSSR count). The van der Waals surface area contributed by atoms with Crippen molar-refractivity contribution in [3.8, 4) is 17.1 Å². The van der Waals surface area contributed by atoms with E-state index in [9.17, 15) is 0 Å². The second-order valence-electron chi connectivity index (χ2n) is 10.9. The van der Waals surface area contributed by atoms with Gasteiger partial charge in [0.05, 0.1) is 5.69 Å². The molecule has 180 valence electrons. The Labute approximate surface area is 208 Å². The van der Waals surface area contributed by atoms with Crippen molar-refractivity contribution < 1.29 is 4.42 Å². The number of hydrogen-bond acceptors (Lipinski definition) is 2. The smallest absolute Gasteiger partial charge is 0.144 e. The van der Waals surface area contributed by atoms with Gasteiger partial charge in [0.1, 0.15) is 17.0 Å². The van der Waals surface area contributed by atoms with Crippen molar-refractivity contribution in [1.29, 1.82) is 0 Å². The molecule has 0 unspecified atom stereocenters. The zero-order valence-corrected chi connectivity index (χ0v) is 22.0. The summed E-state index contributed by atoms with van der Waals surface area (Å²) in [6, 6.07) is 19.6. The van der Waals surface area contributed by atoms with Gasteiger partial charge >= 0.3 is 0 Å². The van der Waals surface area contributed by atoms with Crippen LogP contribution in [0.4, 0.5) is 0 Å². The summed E-state index contributed by atoms with van der Waals surface area (Å²) in [6.45, 7) is 16.0. The Morgan fingerprint density at radius 3 is 2.20 bits per heavy atom. The van der Waals surface area contributed by atoms with Gasteiger partial charge in [-0.05, 0) is 58.6 Å². The topological polar surface area (TPSA) is 31.0 Å². The van der Waals surface area contributed by atoms with Crippen LogP contribution in [0.1, 0.15) is 83.4 Å². The molecule has 0 radical (unpaired) electrons. The molecule has 3 nitrogen and oxygen atoms in total. The van der Waals surface area contributed by atoms with Gasteiger partial charge in [-0.15, -0.1) is 0 Å². The average Bonchev–Trinajstić information content (AvgIpc) is 3.47. The molecule has 0 fully saturated rings. The van der Waals surface area contributed by atoms with Gasteiger partial charge < -0.3 is 4.42 Å². The zero-order valence-electron chi connectivity index (χ0n) is 22.0. The van der Waals surface area contributed by atoms with Crippen LogP contribution in [0.5, 0.6) is 0 Å². The van der Waals surface area contributed by atoms with Gasteiger partial charge in [0.15, 0.2) is 0 Å². The largest absolute Gasteiger partial charge is 0.456 e. The Bertz CT molecular complexity index is 1490. The van der Waals surface area contributed by atoms with Crippen LogP contribution in [0.15, 0.2) is 71.4 Å². The summed E-state index contributed by atoms with van der Waals surface area (Å²) in [6.07, 6.45) is 5.09. The number of rotatable bonds is 6. The van der Waals surface area contributed by atoms with E-state index in [2.05, 4.69) is 102 Å². The molecule has 0 amide bonds. The molecule has 0 atom stereocenters. The lowest BCUT2D eigenvalue weighted by Gasteiger charge is -2.27. The molecule has 0 saturated heterocycles. The third-order valence-corrected chi connectivity index (χ3v) is 7.59. The Hall–Kier alpha value is -3.33. The third-order valence-electron chi connectivity index (χ3n) is 7.59. The SMILES string of the molecule is CCC(C)(C)c1cc2oc3ccccc3c2cc1-c1nccn1-c1c(C(C)C)cccc1C(C)C. The molecule has 3 aromatic carbocycles. The van der Waals surface area contributed by atoms with Crippen LogP contribution in [0.3, 0.4) is 0 Å². The van der Waals surface area contributed by atoms with E-state index in [-0.39, 0.29) is 5.41 Å². The molecule has 0 bridgehead atoms. The minimum absolute atomic E-state index is 0.0300. The fourth-order valence-electron chi connectivity index (χ4n) is 5.18. The number of fused-ring (bicyclic) bond motifs is 3. The average molecular weight is 465 g/mol. The second-order valence-corrected chi connectivity index (χ2v) is 10.9. The van der Waals surface area contributed by atoms with Crippen molar-refractivity contribution in [2.45, 2.75) is 72.1 Å². The van der Waals surface area contributed by atoms with E-state index in [1.165, 1.54) is 27.9 Å². The van der Waals surface area contributed by atoms with E-state index >= 15 is 0 Å². The number of imidazole rings is 1. The first-order chi connectivity index (χ1) is 16.7. The lowest BCUT2D eigenvalue weighted by atomic mass is 9.79. The van der Waals surface area contributed by atoms with Crippen LogP contribution in [-0.2, 0) is 5.41 Å². The molecule has 0 aliphatic heterocycles. The van der Waals surface area contributed by atoms with Crippen LogP contribution in [0.2, 0.25) is 0 Å². The Kier molecular flexibility index (Phi) is 5.83. The van der Waals surface area contributed by atoms with Crippen molar-refractivity contribution in [3.05, 3.63) is 83.7 Å². The Morgan fingerprint density at radius 1 is 0.857 bits per heavy atom. The first-order valence-corrected chi connectivity index (χ1v) is 12.9.